The molecule has 0 spiro atoms. The summed E-state index contributed by atoms with van der Waals surface area (Å²) in [7, 11) is 0. The largest absolute Gasteiger partial charge is 0.490 e. The predicted octanol–water partition coefficient (Wildman–Crippen LogP) is 4.66. The Hall–Kier alpha value is -2.06. The van der Waals surface area contributed by atoms with Crippen LogP contribution >= 0.6 is 0 Å². The molecule has 0 aromatic heterocycles. The molecule has 5 heteroatoms. The van der Waals surface area contributed by atoms with Crippen LogP contribution in [0, 0.1) is 17.2 Å². The highest BCUT2D eigenvalue weighted by Gasteiger charge is 2.42. The lowest BCUT2D eigenvalue weighted by atomic mass is 9.78. The molecule has 1 saturated carbocycles. The van der Waals surface area contributed by atoms with Crippen LogP contribution in [0.1, 0.15) is 65.4 Å². The molecule has 2 rings (SSSR count). The smallest absolute Gasteiger partial charge is 0.256 e. The summed E-state index contributed by atoms with van der Waals surface area (Å²) in [6.45, 7) is 8.66. The number of nitriles is 1. The minimum atomic E-state index is -0.761. The van der Waals surface area contributed by atoms with Gasteiger partial charge in [-0.25, -0.2) is 0 Å². The van der Waals surface area contributed by atoms with Crippen molar-refractivity contribution >= 4 is 11.6 Å². The van der Waals surface area contributed by atoms with Crippen molar-refractivity contribution < 1.29 is 14.3 Å². The quantitative estimate of drug-likeness (QED) is 0.769. The van der Waals surface area contributed by atoms with E-state index >= 15 is 0 Å². The molecule has 0 unspecified atom stereocenters. The molecule has 0 bridgehead atoms. The lowest BCUT2D eigenvalue weighted by Crippen LogP contribution is -2.48. The van der Waals surface area contributed by atoms with E-state index in [-0.39, 0.29) is 12.0 Å². The van der Waals surface area contributed by atoms with Crippen molar-refractivity contribution in [1.29, 1.82) is 5.26 Å². The van der Waals surface area contributed by atoms with Gasteiger partial charge < -0.3 is 14.8 Å². The van der Waals surface area contributed by atoms with E-state index in [0.29, 0.717) is 29.5 Å². The number of carbonyl (C=O) groups is 1. The fourth-order valence-electron chi connectivity index (χ4n) is 3.26. The number of benzene rings is 1. The van der Waals surface area contributed by atoms with Gasteiger partial charge in [0.15, 0.2) is 0 Å². The van der Waals surface area contributed by atoms with Gasteiger partial charge in [-0.1, -0.05) is 13.8 Å². The number of hydrogen-bond acceptors (Lipinski definition) is 4. The van der Waals surface area contributed by atoms with Crippen molar-refractivity contribution in [2.45, 2.75) is 71.5 Å². The maximum absolute atomic E-state index is 13.0. The van der Waals surface area contributed by atoms with Crippen LogP contribution in [0.3, 0.4) is 0 Å². The molecule has 1 amide bonds. The highest BCUT2D eigenvalue weighted by Crippen LogP contribution is 2.36. The molecule has 5 nitrogen and oxygen atoms in total. The van der Waals surface area contributed by atoms with E-state index in [4.69, 9.17) is 9.47 Å². The minimum absolute atomic E-state index is 0.0162. The predicted molar refractivity (Wildman–Crippen MR) is 102 cm³/mol. The molecular formula is C21H30N2O3. The van der Waals surface area contributed by atoms with E-state index < -0.39 is 5.60 Å². The molecule has 1 aliphatic rings. The Balaban J connectivity index is 2.17. The number of ether oxygens (including phenoxy) is 2. The Bertz CT molecular complexity index is 650. The third kappa shape index (κ3) is 4.98. The number of anilines is 1. The first-order chi connectivity index (χ1) is 12.4. The van der Waals surface area contributed by atoms with E-state index in [2.05, 4.69) is 18.3 Å². The van der Waals surface area contributed by atoms with E-state index in [1.54, 1.807) is 18.2 Å². The molecule has 1 fully saturated rings. The van der Waals surface area contributed by atoms with Gasteiger partial charge in [-0.3, -0.25) is 4.79 Å². The molecule has 0 saturated heterocycles. The van der Waals surface area contributed by atoms with Gasteiger partial charge >= 0.3 is 0 Å². The number of hydrogen-bond donors (Lipinski definition) is 1. The lowest BCUT2D eigenvalue weighted by Gasteiger charge is -2.38. The molecule has 1 aliphatic carbocycles. The van der Waals surface area contributed by atoms with Gasteiger partial charge in [0.25, 0.3) is 5.91 Å². The average Bonchev–Trinajstić information content (AvgIpc) is 2.62. The third-order valence-corrected chi connectivity index (χ3v) is 4.80. The molecule has 0 radical (unpaired) electrons. The number of rotatable bonds is 7. The van der Waals surface area contributed by atoms with E-state index in [0.717, 1.165) is 32.1 Å². The maximum Gasteiger partial charge on any atom is 0.256 e. The Morgan fingerprint density at radius 1 is 1.38 bits per heavy atom. The van der Waals surface area contributed by atoms with Crippen LogP contribution in [0.2, 0.25) is 0 Å². The van der Waals surface area contributed by atoms with Gasteiger partial charge in [0, 0.05) is 12.3 Å². The molecule has 26 heavy (non-hydrogen) atoms. The summed E-state index contributed by atoms with van der Waals surface area (Å²) in [5, 5.41) is 12.3. The molecule has 1 aromatic rings. The van der Waals surface area contributed by atoms with Crippen LogP contribution < -0.4 is 10.1 Å². The van der Waals surface area contributed by atoms with Crippen LogP contribution in [0.5, 0.6) is 5.75 Å². The second-order valence-corrected chi connectivity index (χ2v) is 7.47. The summed E-state index contributed by atoms with van der Waals surface area (Å²) < 4.78 is 11.7. The van der Waals surface area contributed by atoms with Gasteiger partial charge in [0.05, 0.1) is 11.7 Å². The summed E-state index contributed by atoms with van der Waals surface area (Å²) in [6, 6.07) is 7.30. The average molecular weight is 358 g/mol. The zero-order valence-corrected chi connectivity index (χ0v) is 16.3. The Morgan fingerprint density at radius 2 is 2.08 bits per heavy atom. The monoisotopic (exact) mass is 358 g/mol. The normalized spacial score (nSPS) is 22.7. The number of carbonyl (C=O) groups excluding carboxylic acids is 1. The minimum Gasteiger partial charge on any atom is -0.490 e. The fourth-order valence-corrected chi connectivity index (χ4v) is 3.26. The molecule has 0 heterocycles. The second-order valence-electron chi connectivity index (χ2n) is 7.47. The number of nitrogens with zero attached hydrogens (tertiary/aromatic N) is 1. The Morgan fingerprint density at radius 3 is 2.65 bits per heavy atom. The summed E-state index contributed by atoms with van der Waals surface area (Å²) in [5.41, 5.74) is 0.251. The van der Waals surface area contributed by atoms with Crippen molar-refractivity contribution in [3.8, 4) is 11.8 Å². The van der Waals surface area contributed by atoms with Gasteiger partial charge in [-0.2, -0.15) is 5.26 Å². The molecule has 0 aliphatic heterocycles. The zero-order valence-electron chi connectivity index (χ0n) is 16.3. The van der Waals surface area contributed by atoms with E-state index in [9.17, 15) is 10.1 Å². The van der Waals surface area contributed by atoms with E-state index in [1.807, 2.05) is 20.8 Å². The van der Waals surface area contributed by atoms with Crippen LogP contribution in [0.25, 0.3) is 0 Å². The van der Waals surface area contributed by atoms with Crippen molar-refractivity contribution in [3.05, 3.63) is 23.8 Å². The first kappa shape index (κ1) is 20.3. The summed E-state index contributed by atoms with van der Waals surface area (Å²) in [5.74, 6) is 1.04. The first-order valence-electron chi connectivity index (χ1n) is 9.56. The van der Waals surface area contributed by atoms with Crippen molar-refractivity contribution in [2.75, 3.05) is 11.9 Å². The second kappa shape index (κ2) is 9.05. The van der Waals surface area contributed by atoms with Crippen molar-refractivity contribution in [1.82, 2.24) is 0 Å². The standard InChI is InChI=1S/C21H30N2O3/c1-5-12-25-21(10-8-16(4)9-11-21)20(24)23-18-6-7-19(26-15(2)3)17(13-18)14-22/h6-7,13,15-16H,5,8-12H2,1-4H3,(H,23,24). The van der Waals surface area contributed by atoms with Crippen LogP contribution in [-0.2, 0) is 9.53 Å². The van der Waals surface area contributed by atoms with Crippen LogP contribution in [-0.4, -0.2) is 24.2 Å². The number of nitrogens with one attached hydrogen (secondary N) is 1. The molecule has 1 N–H and O–H groups in total. The molecular weight excluding hydrogens is 328 g/mol. The van der Waals surface area contributed by atoms with Crippen LogP contribution in [0.4, 0.5) is 5.69 Å². The number of amides is 1. The SMILES string of the molecule is CCCOC1(C(=O)Nc2ccc(OC(C)C)c(C#N)c2)CCC(C)CC1. The summed E-state index contributed by atoms with van der Waals surface area (Å²) >= 11 is 0. The molecule has 142 valence electrons. The van der Waals surface area contributed by atoms with Crippen molar-refractivity contribution in [2.24, 2.45) is 5.92 Å². The topological polar surface area (TPSA) is 71.3 Å². The van der Waals surface area contributed by atoms with Gasteiger partial charge in [0.2, 0.25) is 0 Å². The van der Waals surface area contributed by atoms with Gasteiger partial charge in [-0.05, 0) is 70.1 Å². The maximum atomic E-state index is 13.0. The summed E-state index contributed by atoms with van der Waals surface area (Å²) in [4.78, 5) is 13.0. The Kier molecular flexibility index (Phi) is 7.05. The summed E-state index contributed by atoms with van der Waals surface area (Å²) in [6.07, 6.45) is 4.31. The first-order valence-corrected chi connectivity index (χ1v) is 9.56. The highest BCUT2D eigenvalue weighted by molar-refractivity contribution is 5.97. The van der Waals surface area contributed by atoms with Crippen LogP contribution in [0.15, 0.2) is 18.2 Å². The van der Waals surface area contributed by atoms with Gasteiger partial charge in [-0.15, -0.1) is 0 Å². The third-order valence-electron chi connectivity index (χ3n) is 4.80. The van der Waals surface area contributed by atoms with Gasteiger partial charge in [0.1, 0.15) is 17.4 Å². The molecule has 1 aromatic carbocycles. The fraction of sp³-hybridized carbons (Fsp3) is 0.619. The zero-order chi connectivity index (χ0) is 19.2. The molecule has 0 atom stereocenters. The lowest BCUT2D eigenvalue weighted by molar-refractivity contribution is -0.147. The highest BCUT2D eigenvalue weighted by atomic mass is 16.5. The van der Waals surface area contributed by atoms with E-state index in [1.165, 1.54) is 0 Å². The Labute approximate surface area is 156 Å². The van der Waals surface area contributed by atoms with Crippen molar-refractivity contribution in [3.63, 3.8) is 0 Å².